The Morgan fingerprint density at radius 3 is 2.35 bits per heavy atom. The van der Waals surface area contributed by atoms with Crippen LogP contribution >= 0.6 is 0 Å². The molecule has 0 atom stereocenters. The first-order chi connectivity index (χ1) is 11.2. The van der Waals surface area contributed by atoms with Crippen LogP contribution in [0.1, 0.15) is 5.56 Å². The molecular weight excluding hydrogens is 294 g/mol. The molecule has 1 amide bonds. The van der Waals surface area contributed by atoms with Crippen molar-refractivity contribution in [2.45, 2.75) is 6.61 Å². The molecule has 0 aliphatic rings. The smallest absolute Gasteiger partial charge is 0.330 e. The maximum absolute atomic E-state index is 11.6. The summed E-state index contributed by atoms with van der Waals surface area (Å²) in [5.41, 5.74) is 1.69. The van der Waals surface area contributed by atoms with Crippen molar-refractivity contribution in [1.82, 2.24) is 0 Å². The second-order valence-corrected chi connectivity index (χ2v) is 4.64. The van der Waals surface area contributed by atoms with Crippen molar-refractivity contribution in [2.75, 3.05) is 12.4 Å². The van der Waals surface area contributed by atoms with E-state index in [0.717, 1.165) is 17.7 Å². The van der Waals surface area contributed by atoms with E-state index in [1.807, 2.05) is 30.3 Å². The van der Waals surface area contributed by atoms with Gasteiger partial charge in [-0.3, -0.25) is 4.79 Å². The van der Waals surface area contributed by atoms with Gasteiger partial charge in [0.15, 0.2) is 0 Å². The quantitative estimate of drug-likeness (QED) is 0.658. The van der Waals surface area contributed by atoms with Crippen molar-refractivity contribution in [2.24, 2.45) is 0 Å². The van der Waals surface area contributed by atoms with E-state index >= 15 is 0 Å². The minimum absolute atomic E-state index is 0.409. The molecule has 5 heteroatoms. The van der Waals surface area contributed by atoms with Crippen molar-refractivity contribution >= 4 is 17.6 Å². The highest BCUT2D eigenvalue weighted by Crippen LogP contribution is 2.17. The first-order valence-electron chi connectivity index (χ1n) is 7.01. The summed E-state index contributed by atoms with van der Waals surface area (Å²) in [5, 5.41) is 2.63. The molecule has 0 saturated heterocycles. The third kappa shape index (κ3) is 5.67. The Morgan fingerprint density at radius 1 is 1.00 bits per heavy atom. The molecule has 0 aliphatic heterocycles. The van der Waals surface area contributed by atoms with E-state index in [-0.39, 0.29) is 0 Å². The van der Waals surface area contributed by atoms with Gasteiger partial charge in [0.1, 0.15) is 12.4 Å². The molecule has 5 nitrogen and oxygen atoms in total. The van der Waals surface area contributed by atoms with Crippen molar-refractivity contribution < 1.29 is 19.1 Å². The number of carbonyl (C=O) groups is 2. The van der Waals surface area contributed by atoms with Crippen molar-refractivity contribution in [3.05, 3.63) is 72.3 Å². The number of benzene rings is 2. The van der Waals surface area contributed by atoms with E-state index < -0.39 is 11.9 Å². The van der Waals surface area contributed by atoms with Gasteiger partial charge >= 0.3 is 5.97 Å². The molecule has 2 aromatic carbocycles. The molecule has 1 N–H and O–H groups in total. The van der Waals surface area contributed by atoms with E-state index in [1.54, 1.807) is 24.3 Å². The molecule has 0 saturated carbocycles. The fraction of sp³-hybridized carbons (Fsp3) is 0.111. The van der Waals surface area contributed by atoms with Gasteiger partial charge in [0, 0.05) is 17.8 Å². The molecule has 0 aliphatic carbocycles. The summed E-state index contributed by atoms with van der Waals surface area (Å²) in [6.07, 6.45) is 2.18. The average molecular weight is 311 g/mol. The number of carbonyl (C=O) groups excluding carboxylic acids is 2. The Balaban J connectivity index is 1.85. The summed E-state index contributed by atoms with van der Waals surface area (Å²) in [4.78, 5) is 22.5. The zero-order chi connectivity index (χ0) is 16.5. The Kier molecular flexibility index (Phi) is 5.94. The van der Waals surface area contributed by atoms with Gasteiger partial charge < -0.3 is 14.8 Å². The molecule has 0 spiro atoms. The molecule has 0 bridgehead atoms. The second-order valence-electron chi connectivity index (χ2n) is 4.64. The topological polar surface area (TPSA) is 64.6 Å². The summed E-state index contributed by atoms with van der Waals surface area (Å²) in [5.74, 6) is -0.282. The van der Waals surface area contributed by atoms with E-state index in [4.69, 9.17) is 4.74 Å². The fourth-order valence-corrected chi connectivity index (χ4v) is 1.77. The summed E-state index contributed by atoms with van der Waals surface area (Å²) in [7, 11) is 1.25. The maximum atomic E-state index is 11.6. The molecule has 2 aromatic rings. The van der Waals surface area contributed by atoms with Crippen LogP contribution in [0.5, 0.6) is 5.75 Å². The lowest BCUT2D eigenvalue weighted by atomic mass is 10.2. The van der Waals surface area contributed by atoms with Gasteiger partial charge in [-0.25, -0.2) is 4.79 Å². The minimum atomic E-state index is -0.579. The number of ether oxygens (including phenoxy) is 2. The summed E-state index contributed by atoms with van der Waals surface area (Å²) < 4.78 is 10.1. The Bertz CT molecular complexity index is 678. The highest BCUT2D eigenvalue weighted by molar-refractivity contribution is 6.02. The van der Waals surface area contributed by atoms with Crippen LogP contribution < -0.4 is 10.1 Å². The largest absolute Gasteiger partial charge is 0.489 e. The molecule has 0 aromatic heterocycles. The highest BCUT2D eigenvalue weighted by Gasteiger charge is 2.01. The summed E-state index contributed by atoms with van der Waals surface area (Å²) in [6, 6.07) is 16.8. The first kappa shape index (κ1) is 16.3. The maximum Gasteiger partial charge on any atom is 0.330 e. The Hall–Kier alpha value is -3.08. The number of hydrogen-bond donors (Lipinski definition) is 1. The lowest BCUT2D eigenvalue weighted by Crippen LogP contribution is -2.09. The number of esters is 1. The van der Waals surface area contributed by atoms with Gasteiger partial charge in [0.25, 0.3) is 0 Å². The first-order valence-corrected chi connectivity index (χ1v) is 7.01. The molecule has 2 rings (SSSR count). The Morgan fingerprint density at radius 2 is 1.70 bits per heavy atom. The van der Waals surface area contributed by atoms with Crippen LogP contribution in [0.25, 0.3) is 0 Å². The number of hydrogen-bond acceptors (Lipinski definition) is 4. The lowest BCUT2D eigenvalue weighted by Gasteiger charge is -2.07. The van der Waals surface area contributed by atoms with Crippen LogP contribution in [-0.2, 0) is 20.9 Å². The van der Waals surface area contributed by atoms with Crippen molar-refractivity contribution in [3.8, 4) is 5.75 Å². The predicted octanol–water partition coefficient (Wildman–Crippen LogP) is 2.93. The van der Waals surface area contributed by atoms with Gasteiger partial charge in [-0.1, -0.05) is 30.3 Å². The van der Waals surface area contributed by atoms with E-state index in [1.165, 1.54) is 7.11 Å². The third-order valence-electron chi connectivity index (χ3n) is 2.94. The number of methoxy groups -OCH3 is 1. The monoisotopic (exact) mass is 311 g/mol. The van der Waals surface area contributed by atoms with Crippen LogP contribution in [-0.4, -0.2) is 19.0 Å². The van der Waals surface area contributed by atoms with E-state index in [9.17, 15) is 9.59 Å². The number of nitrogens with one attached hydrogen (secondary N) is 1. The number of rotatable bonds is 6. The molecule has 0 fully saturated rings. The number of anilines is 1. The van der Waals surface area contributed by atoms with Crippen LogP contribution in [0.4, 0.5) is 5.69 Å². The standard InChI is InChI=1S/C18H17NO4/c1-22-18(21)12-11-17(20)19-15-7-9-16(10-8-15)23-13-14-5-3-2-4-6-14/h2-12H,13H2,1H3,(H,19,20). The van der Waals surface area contributed by atoms with Crippen LogP contribution in [0.2, 0.25) is 0 Å². The molecule has 0 heterocycles. The molecule has 23 heavy (non-hydrogen) atoms. The van der Waals surface area contributed by atoms with Crippen LogP contribution in [0.15, 0.2) is 66.7 Å². The van der Waals surface area contributed by atoms with E-state index in [2.05, 4.69) is 10.1 Å². The molecule has 0 unspecified atom stereocenters. The third-order valence-corrected chi connectivity index (χ3v) is 2.94. The zero-order valence-electron chi connectivity index (χ0n) is 12.7. The molecule has 118 valence electrons. The fourth-order valence-electron chi connectivity index (χ4n) is 1.77. The second kappa shape index (κ2) is 8.38. The predicted molar refractivity (Wildman–Crippen MR) is 87.0 cm³/mol. The van der Waals surface area contributed by atoms with Gasteiger partial charge in [0.2, 0.25) is 5.91 Å². The average Bonchev–Trinajstić information content (AvgIpc) is 2.60. The van der Waals surface area contributed by atoms with Gasteiger partial charge in [-0.2, -0.15) is 0 Å². The summed E-state index contributed by atoms with van der Waals surface area (Å²) >= 11 is 0. The van der Waals surface area contributed by atoms with E-state index in [0.29, 0.717) is 18.0 Å². The van der Waals surface area contributed by atoms with Gasteiger partial charge in [-0.05, 0) is 29.8 Å². The van der Waals surface area contributed by atoms with Crippen molar-refractivity contribution in [3.63, 3.8) is 0 Å². The molecular formula is C18H17NO4. The summed E-state index contributed by atoms with van der Waals surface area (Å²) in [6.45, 7) is 0.481. The molecule has 0 radical (unpaired) electrons. The van der Waals surface area contributed by atoms with Crippen molar-refractivity contribution in [1.29, 1.82) is 0 Å². The van der Waals surface area contributed by atoms with Crippen LogP contribution in [0.3, 0.4) is 0 Å². The van der Waals surface area contributed by atoms with Gasteiger partial charge in [-0.15, -0.1) is 0 Å². The lowest BCUT2D eigenvalue weighted by molar-refractivity contribution is -0.135. The van der Waals surface area contributed by atoms with Crippen LogP contribution in [0, 0.1) is 0 Å². The Labute approximate surface area is 134 Å². The highest BCUT2D eigenvalue weighted by atomic mass is 16.5. The zero-order valence-corrected chi connectivity index (χ0v) is 12.7. The SMILES string of the molecule is COC(=O)C=CC(=O)Nc1ccc(OCc2ccccc2)cc1. The van der Waals surface area contributed by atoms with Gasteiger partial charge in [0.05, 0.1) is 7.11 Å². The normalized spacial score (nSPS) is 10.3. The number of amides is 1. The minimum Gasteiger partial charge on any atom is -0.489 e.